The SMILES string of the molecule is CN(C)c1cc(CNC2CC2)c2ccccc2n1. The van der Waals surface area contributed by atoms with E-state index < -0.39 is 0 Å². The van der Waals surface area contributed by atoms with Crippen LogP contribution >= 0.6 is 0 Å². The first-order valence-corrected chi connectivity index (χ1v) is 6.53. The molecule has 1 fully saturated rings. The molecule has 94 valence electrons. The van der Waals surface area contributed by atoms with Crippen LogP contribution in [0.15, 0.2) is 30.3 Å². The van der Waals surface area contributed by atoms with Gasteiger partial charge in [0.1, 0.15) is 5.82 Å². The second-order valence-corrected chi connectivity index (χ2v) is 5.21. The molecule has 0 spiro atoms. The van der Waals surface area contributed by atoms with Gasteiger partial charge < -0.3 is 10.2 Å². The summed E-state index contributed by atoms with van der Waals surface area (Å²) in [5.41, 5.74) is 2.42. The summed E-state index contributed by atoms with van der Waals surface area (Å²) >= 11 is 0. The van der Waals surface area contributed by atoms with Gasteiger partial charge in [-0.05, 0) is 30.5 Å². The number of nitrogens with one attached hydrogen (secondary N) is 1. The second kappa shape index (κ2) is 4.58. The molecule has 0 unspecified atom stereocenters. The molecule has 1 aromatic heterocycles. The Labute approximate surface area is 108 Å². The van der Waals surface area contributed by atoms with Gasteiger partial charge in [-0.15, -0.1) is 0 Å². The van der Waals surface area contributed by atoms with Crippen LogP contribution in [0.25, 0.3) is 10.9 Å². The summed E-state index contributed by atoms with van der Waals surface area (Å²) in [5, 5.41) is 4.85. The quantitative estimate of drug-likeness (QED) is 0.891. The number of anilines is 1. The van der Waals surface area contributed by atoms with Crippen LogP contribution in [0.4, 0.5) is 5.82 Å². The molecule has 1 N–H and O–H groups in total. The molecule has 3 heteroatoms. The van der Waals surface area contributed by atoms with Gasteiger partial charge in [-0.3, -0.25) is 0 Å². The molecule has 1 aliphatic rings. The number of hydrogen-bond donors (Lipinski definition) is 1. The third-order valence-corrected chi connectivity index (χ3v) is 3.41. The summed E-state index contributed by atoms with van der Waals surface area (Å²) in [5.74, 6) is 1.03. The van der Waals surface area contributed by atoms with Crippen molar-refractivity contribution in [2.24, 2.45) is 0 Å². The van der Waals surface area contributed by atoms with Crippen LogP contribution in [0.5, 0.6) is 0 Å². The fourth-order valence-electron chi connectivity index (χ4n) is 2.15. The molecule has 0 bridgehead atoms. The highest BCUT2D eigenvalue weighted by atomic mass is 15.1. The van der Waals surface area contributed by atoms with Gasteiger partial charge in [-0.1, -0.05) is 18.2 Å². The van der Waals surface area contributed by atoms with E-state index in [1.807, 2.05) is 20.2 Å². The minimum atomic E-state index is 0.736. The number of rotatable bonds is 4. The smallest absolute Gasteiger partial charge is 0.129 e. The van der Waals surface area contributed by atoms with Gasteiger partial charge in [-0.25, -0.2) is 4.98 Å². The lowest BCUT2D eigenvalue weighted by Gasteiger charge is -2.15. The molecule has 2 aromatic rings. The zero-order valence-corrected chi connectivity index (χ0v) is 11.0. The summed E-state index contributed by atoms with van der Waals surface area (Å²) in [4.78, 5) is 6.74. The third-order valence-electron chi connectivity index (χ3n) is 3.41. The van der Waals surface area contributed by atoms with E-state index in [-0.39, 0.29) is 0 Å². The van der Waals surface area contributed by atoms with Crippen LogP contribution in [0.1, 0.15) is 18.4 Å². The predicted molar refractivity (Wildman–Crippen MR) is 75.9 cm³/mol. The van der Waals surface area contributed by atoms with Crippen molar-refractivity contribution in [1.29, 1.82) is 0 Å². The molecule has 3 rings (SSSR count). The maximum atomic E-state index is 4.68. The molecule has 0 saturated heterocycles. The van der Waals surface area contributed by atoms with Crippen LogP contribution in [0.3, 0.4) is 0 Å². The van der Waals surface area contributed by atoms with E-state index in [1.54, 1.807) is 0 Å². The van der Waals surface area contributed by atoms with Crippen LogP contribution in [0, 0.1) is 0 Å². The maximum absolute atomic E-state index is 4.68. The third kappa shape index (κ3) is 2.31. The summed E-state index contributed by atoms with van der Waals surface area (Å²) in [6.07, 6.45) is 2.65. The molecular formula is C15H19N3. The monoisotopic (exact) mass is 241 g/mol. The number of pyridine rings is 1. The van der Waals surface area contributed by atoms with Gasteiger partial charge in [0.05, 0.1) is 5.52 Å². The highest BCUT2D eigenvalue weighted by Crippen LogP contribution is 2.24. The fraction of sp³-hybridized carbons (Fsp3) is 0.400. The second-order valence-electron chi connectivity index (χ2n) is 5.21. The highest BCUT2D eigenvalue weighted by molar-refractivity contribution is 5.84. The number of nitrogens with zero attached hydrogens (tertiary/aromatic N) is 2. The first kappa shape index (κ1) is 11.5. The Kier molecular flexibility index (Phi) is 2.92. The number of aromatic nitrogens is 1. The van der Waals surface area contributed by atoms with Gasteiger partial charge in [0.2, 0.25) is 0 Å². The van der Waals surface area contributed by atoms with Crippen LogP contribution in [0.2, 0.25) is 0 Å². The Hall–Kier alpha value is -1.61. The van der Waals surface area contributed by atoms with E-state index >= 15 is 0 Å². The van der Waals surface area contributed by atoms with Crippen molar-refractivity contribution in [3.05, 3.63) is 35.9 Å². The van der Waals surface area contributed by atoms with E-state index in [9.17, 15) is 0 Å². The first-order chi connectivity index (χ1) is 8.74. The van der Waals surface area contributed by atoms with E-state index in [0.29, 0.717) is 0 Å². The molecule has 0 aliphatic heterocycles. The Balaban J connectivity index is 2.01. The van der Waals surface area contributed by atoms with Crippen molar-refractivity contribution >= 4 is 16.7 Å². The van der Waals surface area contributed by atoms with Crippen molar-refractivity contribution in [3.63, 3.8) is 0 Å². The lowest BCUT2D eigenvalue weighted by atomic mass is 10.1. The van der Waals surface area contributed by atoms with Gasteiger partial charge in [0, 0.05) is 32.1 Å². The lowest BCUT2D eigenvalue weighted by molar-refractivity contribution is 0.690. The number of para-hydroxylation sites is 1. The lowest BCUT2D eigenvalue weighted by Crippen LogP contribution is -2.17. The van der Waals surface area contributed by atoms with Crippen molar-refractivity contribution in [3.8, 4) is 0 Å². The van der Waals surface area contributed by atoms with Gasteiger partial charge in [-0.2, -0.15) is 0 Å². The molecule has 1 heterocycles. The minimum absolute atomic E-state index is 0.736. The summed E-state index contributed by atoms with van der Waals surface area (Å²) in [7, 11) is 4.07. The largest absolute Gasteiger partial charge is 0.363 e. The average Bonchev–Trinajstić information content (AvgIpc) is 3.19. The van der Waals surface area contributed by atoms with E-state index in [0.717, 1.165) is 23.9 Å². The van der Waals surface area contributed by atoms with Crippen molar-refractivity contribution < 1.29 is 0 Å². The van der Waals surface area contributed by atoms with Crippen molar-refractivity contribution in [1.82, 2.24) is 10.3 Å². The van der Waals surface area contributed by atoms with E-state index in [2.05, 4.69) is 39.5 Å². The fourth-order valence-corrected chi connectivity index (χ4v) is 2.15. The number of fused-ring (bicyclic) bond motifs is 1. The normalized spacial score (nSPS) is 15.0. The Morgan fingerprint density at radius 2 is 2.06 bits per heavy atom. The average molecular weight is 241 g/mol. The molecule has 18 heavy (non-hydrogen) atoms. The van der Waals surface area contributed by atoms with Crippen LogP contribution in [-0.2, 0) is 6.54 Å². The summed E-state index contributed by atoms with van der Waals surface area (Å²) in [6.45, 7) is 0.939. The van der Waals surface area contributed by atoms with Crippen molar-refractivity contribution in [2.45, 2.75) is 25.4 Å². The first-order valence-electron chi connectivity index (χ1n) is 6.53. The van der Waals surface area contributed by atoms with Crippen LogP contribution < -0.4 is 10.2 Å². The Morgan fingerprint density at radius 3 is 2.78 bits per heavy atom. The van der Waals surface area contributed by atoms with E-state index in [1.165, 1.54) is 23.8 Å². The predicted octanol–water partition coefficient (Wildman–Crippen LogP) is 2.55. The molecule has 1 aromatic carbocycles. The molecule has 0 atom stereocenters. The summed E-state index contributed by atoms with van der Waals surface area (Å²) in [6, 6.07) is 11.3. The molecule has 1 saturated carbocycles. The molecule has 1 aliphatic carbocycles. The zero-order chi connectivity index (χ0) is 12.5. The Morgan fingerprint density at radius 1 is 1.28 bits per heavy atom. The van der Waals surface area contributed by atoms with Crippen LogP contribution in [-0.4, -0.2) is 25.1 Å². The minimum Gasteiger partial charge on any atom is -0.363 e. The standard InChI is InChI=1S/C15H19N3/c1-18(2)15-9-11(10-16-12-7-8-12)13-5-3-4-6-14(13)17-15/h3-6,9,12,16H,7-8,10H2,1-2H3. The topological polar surface area (TPSA) is 28.2 Å². The van der Waals surface area contributed by atoms with E-state index in [4.69, 9.17) is 0 Å². The molecule has 0 amide bonds. The van der Waals surface area contributed by atoms with Gasteiger partial charge in [0.15, 0.2) is 0 Å². The van der Waals surface area contributed by atoms with Gasteiger partial charge in [0.25, 0.3) is 0 Å². The molecular weight excluding hydrogens is 222 g/mol. The Bertz CT molecular complexity index is 559. The zero-order valence-electron chi connectivity index (χ0n) is 11.0. The number of benzene rings is 1. The van der Waals surface area contributed by atoms with Gasteiger partial charge >= 0.3 is 0 Å². The molecule has 0 radical (unpaired) electrons. The number of hydrogen-bond acceptors (Lipinski definition) is 3. The highest BCUT2D eigenvalue weighted by Gasteiger charge is 2.20. The summed E-state index contributed by atoms with van der Waals surface area (Å²) < 4.78 is 0. The van der Waals surface area contributed by atoms with Crippen molar-refractivity contribution in [2.75, 3.05) is 19.0 Å². The maximum Gasteiger partial charge on any atom is 0.129 e. The molecule has 3 nitrogen and oxygen atoms in total.